The van der Waals surface area contributed by atoms with Crippen LogP contribution in [-0.4, -0.2) is 69.5 Å². The minimum Gasteiger partial charge on any atom is -0.756 e. The van der Waals surface area contributed by atoms with Crippen LogP contribution >= 0.6 is 19.6 Å². The Morgan fingerprint density at radius 1 is 1.16 bits per heavy atom. The summed E-state index contributed by atoms with van der Waals surface area (Å²) in [5.41, 5.74) is 0. The zero-order chi connectivity index (χ0) is 19.3. The lowest BCUT2D eigenvalue weighted by Gasteiger charge is -2.27. The molecule has 0 spiro atoms. The molecule has 0 saturated carbocycles. The van der Waals surface area contributed by atoms with Gasteiger partial charge in [0.1, 0.15) is 19.8 Å². The first-order valence-corrected chi connectivity index (χ1v) is 11.3. The van der Waals surface area contributed by atoms with Crippen LogP contribution in [-0.2, 0) is 23.1 Å². The second-order valence-electron chi connectivity index (χ2n) is 6.98. The van der Waals surface area contributed by atoms with Crippen molar-refractivity contribution >= 4 is 25.6 Å². The molecule has 7 nitrogen and oxygen atoms in total. The SMILES string of the molecule is CCCCCSCC(C)C(=O)OCCOP(=O)([O-])OCC[N+](C)(C)C. The Kier molecular flexibility index (Phi) is 13.1. The highest BCUT2D eigenvalue weighted by Gasteiger charge is 2.16. The normalized spacial score (nSPS) is 15.6. The fourth-order valence-electron chi connectivity index (χ4n) is 1.68. The predicted octanol–water partition coefficient (Wildman–Crippen LogP) is 2.30. The number of phosphoric acid groups is 1. The average Bonchev–Trinajstić information content (AvgIpc) is 2.49. The van der Waals surface area contributed by atoms with Crippen LogP contribution in [0.2, 0.25) is 0 Å². The standard InChI is InChI=1S/C16H34NO6PS/c1-6-7-8-13-25-14-15(2)16(18)21-11-12-23-24(19,20)22-10-9-17(3,4)5/h15H,6-14H2,1-5H3. The van der Waals surface area contributed by atoms with Crippen molar-refractivity contribution in [3.05, 3.63) is 0 Å². The lowest BCUT2D eigenvalue weighted by Crippen LogP contribution is -2.37. The highest BCUT2D eigenvalue weighted by Crippen LogP contribution is 2.37. The summed E-state index contributed by atoms with van der Waals surface area (Å²) in [6.07, 6.45) is 3.54. The Labute approximate surface area is 156 Å². The second kappa shape index (κ2) is 13.1. The molecule has 0 aliphatic carbocycles. The summed E-state index contributed by atoms with van der Waals surface area (Å²) in [7, 11) is 1.45. The van der Waals surface area contributed by atoms with Crippen molar-refractivity contribution in [2.75, 3.05) is 59.0 Å². The second-order valence-corrected chi connectivity index (χ2v) is 9.54. The molecule has 0 rings (SSSR count). The molecule has 0 N–H and O–H groups in total. The highest BCUT2D eigenvalue weighted by atomic mass is 32.2. The van der Waals surface area contributed by atoms with Gasteiger partial charge in [-0.3, -0.25) is 9.36 Å². The number of hydrogen-bond donors (Lipinski definition) is 0. The molecule has 0 amide bonds. The zero-order valence-electron chi connectivity index (χ0n) is 16.2. The van der Waals surface area contributed by atoms with Crippen molar-refractivity contribution in [3.63, 3.8) is 0 Å². The van der Waals surface area contributed by atoms with Crippen LogP contribution in [0.1, 0.15) is 33.1 Å². The van der Waals surface area contributed by atoms with E-state index in [4.69, 9.17) is 9.26 Å². The molecule has 0 fully saturated rings. The van der Waals surface area contributed by atoms with Gasteiger partial charge in [0, 0.05) is 5.75 Å². The third-order valence-corrected chi connectivity index (χ3v) is 5.56. The van der Waals surface area contributed by atoms with Gasteiger partial charge in [0.25, 0.3) is 7.82 Å². The van der Waals surface area contributed by atoms with Crippen LogP contribution in [0.15, 0.2) is 0 Å². The summed E-state index contributed by atoms with van der Waals surface area (Å²) in [6.45, 7) is 4.22. The maximum absolute atomic E-state index is 11.8. The monoisotopic (exact) mass is 399 g/mol. The molecular weight excluding hydrogens is 365 g/mol. The number of quaternary nitrogens is 1. The summed E-state index contributed by atoms with van der Waals surface area (Å²) in [5.74, 6) is 1.20. The third kappa shape index (κ3) is 15.8. The number of likely N-dealkylation sites (N-methyl/N-ethyl adjacent to an activating group) is 1. The van der Waals surface area contributed by atoms with Crippen LogP contribution in [0, 0.1) is 5.92 Å². The Morgan fingerprint density at radius 3 is 2.40 bits per heavy atom. The molecular formula is C16H34NO6PS. The number of rotatable bonds is 15. The first-order valence-electron chi connectivity index (χ1n) is 8.72. The van der Waals surface area contributed by atoms with Gasteiger partial charge in [-0.05, 0) is 12.2 Å². The number of hydrogen-bond acceptors (Lipinski definition) is 7. The minimum atomic E-state index is -4.35. The molecule has 0 radical (unpaired) electrons. The first-order chi connectivity index (χ1) is 11.6. The first kappa shape index (κ1) is 24.9. The van der Waals surface area contributed by atoms with Crippen molar-refractivity contribution in [1.29, 1.82) is 0 Å². The van der Waals surface area contributed by atoms with Crippen LogP contribution < -0.4 is 4.89 Å². The van der Waals surface area contributed by atoms with Gasteiger partial charge >= 0.3 is 5.97 Å². The van der Waals surface area contributed by atoms with Crippen LogP contribution in [0.3, 0.4) is 0 Å². The van der Waals surface area contributed by atoms with Gasteiger partial charge in [0.05, 0.1) is 33.7 Å². The highest BCUT2D eigenvalue weighted by molar-refractivity contribution is 7.99. The van der Waals surface area contributed by atoms with Gasteiger partial charge < -0.3 is 23.2 Å². The molecule has 0 bridgehead atoms. The summed E-state index contributed by atoms with van der Waals surface area (Å²) < 4.78 is 26.6. The van der Waals surface area contributed by atoms with Gasteiger partial charge in [-0.25, -0.2) is 0 Å². The van der Waals surface area contributed by atoms with Gasteiger partial charge in [-0.15, -0.1) is 0 Å². The zero-order valence-corrected chi connectivity index (χ0v) is 17.9. The Bertz CT molecular complexity index is 416. The van der Waals surface area contributed by atoms with Crippen molar-refractivity contribution in [3.8, 4) is 0 Å². The number of carbonyl (C=O) groups excluding carboxylic acids is 1. The molecule has 0 aliphatic rings. The van der Waals surface area contributed by atoms with Crippen molar-refractivity contribution in [2.24, 2.45) is 5.92 Å². The van der Waals surface area contributed by atoms with Crippen LogP contribution in [0.4, 0.5) is 0 Å². The Hall–Kier alpha value is -0.110. The maximum atomic E-state index is 11.8. The average molecular weight is 399 g/mol. The van der Waals surface area contributed by atoms with E-state index in [0.29, 0.717) is 16.8 Å². The van der Waals surface area contributed by atoms with E-state index >= 15 is 0 Å². The van der Waals surface area contributed by atoms with Crippen molar-refractivity contribution in [1.82, 2.24) is 0 Å². The van der Waals surface area contributed by atoms with E-state index in [0.717, 1.165) is 12.2 Å². The summed E-state index contributed by atoms with van der Waals surface area (Å²) in [4.78, 5) is 23.4. The van der Waals surface area contributed by atoms with E-state index in [9.17, 15) is 14.3 Å². The molecule has 0 heterocycles. The fraction of sp³-hybridized carbons (Fsp3) is 0.938. The smallest absolute Gasteiger partial charge is 0.309 e. The summed E-state index contributed by atoms with van der Waals surface area (Å²) in [5, 5.41) is 0. The third-order valence-electron chi connectivity index (χ3n) is 3.25. The number of unbranched alkanes of at least 4 members (excludes halogenated alkanes) is 2. The number of ether oxygens (including phenoxy) is 1. The number of carbonyl (C=O) groups is 1. The van der Waals surface area contributed by atoms with Crippen molar-refractivity contribution < 1.29 is 32.5 Å². The molecule has 0 aromatic heterocycles. The molecule has 25 heavy (non-hydrogen) atoms. The van der Waals surface area contributed by atoms with E-state index < -0.39 is 7.82 Å². The topological polar surface area (TPSA) is 84.9 Å². The van der Waals surface area contributed by atoms with E-state index in [1.807, 2.05) is 28.1 Å². The number of phosphoric ester groups is 1. The number of nitrogens with zero attached hydrogens (tertiary/aromatic N) is 1. The molecule has 0 aromatic rings. The summed E-state index contributed by atoms with van der Waals surface area (Å²) in [6, 6.07) is 0. The molecule has 9 heteroatoms. The van der Waals surface area contributed by atoms with E-state index in [-0.39, 0.29) is 31.7 Å². The molecule has 0 aromatic carbocycles. The fourth-order valence-corrected chi connectivity index (χ4v) is 3.42. The number of esters is 1. The van der Waals surface area contributed by atoms with Gasteiger partial charge in [-0.1, -0.05) is 26.7 Å². The van der Waals surface area contributed by atoms with E-state index in [1.165, 1.54) is 12.8 Å². The Balaban J connectivity index is 3.80. The molecule has 2 unspecified atom stereocenters. The Morgan fingerprint density at radius 2 is 1.80 bits per heavy atom. The van der Waals surface area contributed by atoms with Gasteiger partial charge in [0.2, 0.25) is 0 Å². The van der Waals surface area contributed by atoms with Crippen molar-refractivity contribution in [2.45, 2.75) is 33.1 Å². The van der Waals surface area contributed by atoms with Gasteiger partial charge in [0.15, 0.2) is 0 Å². The number of thioether (sulfide) groups is 1. The minimum absolute atomic E-state index is 0.0519. The molecule has 0 saturated heterocycles. The largest absolute Gasteiger partial charge is 0.756 e. The van der Waals surface area contributed by atoms with Crippen LogP contribution in [0.25, 0.3) is 0 Å². The molecule has 2 atom stereocenters. The van der Waals surface area contributed by atoms with Crippen LogP contribution in [0.5, 0.6) is 0 Å². The molecule has 0 aliphatic heterocycles. The molecule has 150 valence electrons. The lowest BCUT2D eigenvalue weighted by atomic mass is 10.2. The van der Waals surface area contributed by atoms with E-state index in [2.05, 4.69) is 11.4 Å². The quantitative estimate of drug-likeness (QED) is 0.181. The van der Waals surface area contributed by atoms with E-state index in [1.54, 1.807) is 11.8 Å². The maximum Gasteiger partial charge on any atom is 0.309 e. The lowest BCUT2D eigenvalue weighted by molar-refractivity contribution is -0.870. The summed E-state index contributed by atoms with van der Waals surface area (Å²) >= 11 is 1.74. The van der Waals surface area contributed by atoms with Gasteiger partial charge in [-0.2, -0.15) is 11.8 Å². The predicted molar refractivity (Wildman–Crippen MR) is 99.4 cm³/mol.